The Kier molecular flexibility index (Phi) is 5.49. The summed E-state index contributed by atoms with van der Waals surface area (Å²) in [6.07, 6.45) is 7.70. The molecule has 1 aliphatic rings. The van der Waals surface area contributed by atoms with E-state index < -0.39 is 6.17 Å². The van der Waals surface area contributed by atoms with E-state index in [2.05, 4.69) is 20.3 Å². The Balaban J connectivity index is 1.58. The Morgan fingerprint density at radius 1 is 1.32 bits per heavy atom. The quantitative estimate of drug-likeness (QED) is 0.897. The van der Waals surface area contributed by atoms with Crippen LogP contribution in [0.5, 0.6) is 0 Å². The van der Waals surface area contributed by atoms with Crippen molar-refractivity contribution in [2.75, 3.05) is 25.5 Å². The van der Waals surface area contributed by atoms with Crippen LogP contribution in [0, 0.1) is 0 Å². The van der Waals surface area contributed by atoms with E-state index in [-0.39, 0.29) is 12.1 Å². The fraction of sp³-hybridized carbons (Fsp3) is 0.412. The van der Waals surface area contributed by atoms with Crippen molar-refractivity contribution in [2.45, 2.75) is 25.2 Å². The summed E-state index contributed by atoms with van der Waals surface area (Å²) in [5, 5.41) is 2.81. The predicted molar refractivity (Wildman–Crippen MR) is 91.6 cm³/mol. The number of hydrogen-bond donors (Lipinski definition) is 1. The van der Waals surface area contributed by atoms with Crippen molar-refractivity contribution in [2.24, 2.45) is 0 Å². The van der Waals surface area contributed by atoms with E-state index in [1.807, 2.05) is 4.90 Å². The van der Waals surface area contributed by atoms with Crippen LogP contribution in [0.2, 0.25) is 0 Å². The lowest BCUT2D eigenvalue weighted by atomic mass is 10.2. The van der Waals surface area contributed by atoms with Gasteiger partial charge >= 0.3 is 6.03 Å². The van der Waals surface area contributed by atoms with Crippen molar-refractivity contribution in [1.29, 1.82) is 0 Å². The molecule has 1 fully saturated rings. The molecule has 0 radical (unpaired) electrons. The van der Waals surface area contributed by atoms with Crippen LogP contribution in [-0.4, -0.2) is 63.1 Å². The number of nitrogens with zero attached hydrogens (tertiary/aromatic N) is 5. The SMILES string of the molecule is CN(C[C@@H]1C[C@H](F)CN1Cc1cncnc1)C(=O)Nc1ccncc1. The highest BCUT2D eigenvalue weighted by atomic mass is 19.1. The van der Waals surface area contributed by atoms with Gasteiger partial charge in [0.1, 0.15) is 12.5 Å². The minimum atomic E-state index is -0.883. The van der Waals surface area contributed by atoms with Gasteiger partial charge in [0.05, 0.1) is 0 Å². The number of likely N-dealkylation sites (tertiary alicyclic amines) is 1. The molecule has 25 heavy (non-hydrogen) atoms. The second-order valence-electron chi connectivity index (χ2n) is 6.21. The largest absolute Gasteiger partial charge is 0.326 e. The molecular formula is C17H21FN6O. The van der Waals surface area contributed by atoms with E-state index in [1.165, 1.54) is 6.33 Å². The van der Waals surface area contributed by atoms with Crippen molar-refractivity contribution < 1.29 is 9.18 Å². The zero-order valence-electron chi connectivity index (χ0n) is 14.0. The molecule has 2 amide bonds. The first-order valence-corrected chi connectivity index (χ1v) is 8.16. The maximum atomic E-state index is 13.9. The van der Waals surface area contributed by atoms with Gasteiger partial charge in [0, 0.05) is 68.8 Å². The van der Waals surface area contributed by atoms with Crippen LogP contribution < -0.4 is 5.32 Å². The summed E-state index contributed by atoms with van der Waals surface area (Å²) in [4.78, 5) is 27.8. The lowest BCUT2D eigenvalue weighted by Crippen LogP contribution is -2.42. The highest BCUT2D eigenvalue weighted by Gasteiger charge is 2.33. The third-order valence-electron chi connectivity index (χ3n) is 4.24. The van der Waals surface area contributed by atoms with Gasteiger partial charge in [0.25, 0.3) is 0 Å². The Morgan fingerprint density at radius 2 is 2.04 bits per heavy atom. The third kappa shape index (κ3) is 4.69. The maximum Gasteiger partial charge on any atom is 0.321 e. The number of nitrogens with one attached hydrogen (secondary N) is 1. The normalized spacial score (nSPS) is 20.4. The van der Waals surface area contributed by atoms with E-state index in [0.29, 0.717) is 31.7 Å². The van der Waals surface area contributed by atoms with Crippen molar-refractivity contribution >= 4 is 11.7 Å². The fourth-order valence-corrected chi connectivity index (χ4v) is 3.01. The number of aromatic nitrogens is 3. The van der Waals surface area contributed by atoms with Crippen LogP contribution in [-0.2, 0) is 6.54 Å². The highest BCUT2D eigenvalue weighted by molar-refractivity contribution is 5.89. The molecule has 0 saturated carbocycles. The molecule has 2 atom stereocenters. The molecule has 7 nitrogen and oxygen atoms in total. The van der Waals surface area contributed by atoms with Gasteiger partial charge < -0.3 is 10.2 Å². The summed E-state index contributed by atoms with van der Waals surface area (Å²) in [6.45, 7) is 1.39. The van der Waals surface area contributed by atoms with E-state index in [4.69, 9.17) is 0 Å². The Labute approximate surface area is 145 Å². The molecule has 0 aliphatic carbocycles. The standard InChI is InChI=1S/C17H21FN6O/c1-23(17(25)22-15-2-4-19-5-3-15)11-16-6-14(18)10-24(16)9-13-7-20-12-21-8-13/h2-5,7-8,12,14,16H,6,9-11H2,1H3,(H,19,22,25)/t14-,16-/m0/s1. The molecule has 2 aromatic rings. The van der Waals surface area contributed by atoms with E-state index in [0.717, 1.165) is 5.56 Å². The predicted octanol–water partition coefficient (Wildman–Crippen LogP) is 1.95. The van der Waals surface area contributed by atoms with Crippen LogP contribution in [0.15, 0.2) is 43.2 Å². The van der Waals surface area contributed by atoms with Gasteiger partial charge in [-0.3, -0.25) is 9.88 Å². The number of likely N-dealkylation sites (N-methyl/N-ethyl adjacent to an activating group) is 1. The summed E-state index contributed by atoms with van der Waals surface area (Å²) < 4.78 is 13.9. The number of anilines is 1. The summed E-state index contributed by atoms with van der Waals surface area (Å²) >= 11 is 0. The first kappa shape index (κ1) is 17.2. The summed E-state index contributed by atoms with van der Waals surface area (Å²) in [5.74, 6) is 0. The monoisotopic (exact) mass is 344 g/mol. The van der Waals surface area contributed by atoms with Gasteiger partial charge in [-0.15, -0.1) is 0 Å². The zero-order chi connectivity index (χ0) is 17.6. The first-order valence-electron chi connectivity index (χ1n) is 8.16. The Hall–Kier alpha value is -2.61. The average Bonchev–Trinajstić information content (AvgIpc) is 2.95. The minimum Gasteiger partial charge on any atom is -0.326 e. The van der Waals surface area contributed by atoms with Gasteiger partial charge in [-0.25, -0.2) is 19.2 Å². The zero-order valence-corrected chi connectivity index (χ0v) is 14.0. The summed E-state index contributed by atoms with van der Waals surface area (Å²) in [6, 6.07) is 3.18. The molecule has 8 heteroatoms. The second kappa shape index (κ2) is 7.98. The average molecular weight is 344 g/mol. The number of alkyl halides is 1. The van der Waals surface area contributed by atoms with Crippen LogP contribution >= 0.6 is 0 Å². The van der Waals surface area contributed by atoms with E-state index in [9.17, 15) is 9.18 Å². The number of halogens is 1. The van der Waals surface area contributed by atoms with Gasteiger partial charge in [0.15, 0.2) is 0 Å². The van der Waals surface area contributed by atoms with Gasteiger partial charge in [-0.1, -0.05) is 0 Å². The number of amides is 2. The van der Waals surface area contributed by atoms with Crippen molar-refractivity contribution in [1.82, 2.24) is 24.8 Å². The molecule has 0 spiro atoms. The molecule has 0 bridgehead atoms. The lowest BCUT2D eigenvalue weighted by Gasteiger charge is -2.28. The minimum absolute atomic E-state index is 0.0385. The lowest BCUT2D eigenvalue weighted by molar-refractivity contribution is 0.182. The number of urea groups is 1. The molecule has 0 aromatic carbocycles. The Morgan fingerprint density at radius 3 is 2.76 bits per heavy atom. The van der Waals surface area contributed by atoms with Crippen molar-refractivity contribution in [3.05, 3.63) is 48.8 Å². The fourth-order valence-electron chi connectivity index (χ4n) is 3.01. The topological polar surface area (TPSA) is 74.2 Å². The highest BCUT2D eigenvalue weighted by Crippen LogP contribution is 2.23. The number of hydrogen-bond acceptors (Lipinski definition) is 5. The smallest absolute Gasteiger partial charge is 0.321 e. The molecule has 1 aliphatic heterocycles. The van der Waals surface area contributed by atoms with Gasteiger partial charge in [-0.05, 0) is 18.6 Å². The maximum absolute atomic E-state index is 13.9. The molecule has 2 aromatic heterocycles. The number of carbonyl (C=O) groups is 1. The molecular weight excluding hydrogens is 323 g/mol. The van der Waals surface area contributed by atoms with Crippen molar-refractivity contribution in [3.63, 3.8) is 0 Å². The molecule has 3 heterocycles. The van der Waals surface area contributed by atoms with Crippen molar-refractivity contribution in [3.8, 4) is 0 Å². The summed E-state index contributed by atoms with van der Waals surface area (Å²) in [5.41, 5.74) is 1.62. The molecule has 1 N–H and O–H groups in total. The van der Waals surface area contributed by atoms with E-state index >= 15 is 0 Å². The number of pyridine rings is 1. The van der Waals surface area contributed by atoms with E-state index in [1.54, 1.807) is 48.9 Å². The third-order valence-corrected chi connectivity index (χ3v) is 4.24. The van der Waals surface area contributed by atoms with Crippen LogP contribution in [0.4, 0.5) is 14.9 Å². The number of rotatable bonds is 5. The first-order chi connectivity index (χ1) is 12.1. The molecule has 3 rings (SSSR count). The molecule has 1 saturated heterocycles. The van der Waals surface area contributed by atoms with Crippen LogP contribution in [0.3, 0.4) is 0 Å². The van der Waals surface area contributed by atoms with Crippen LogP contribution in [0.1, 0.15) is 12.0 Å². The molecule has 132 valence electrons. The molecule has 0 unspecified atom stereocenters. The Bertz CT molecular complexity index is 686. The number of carbonyl (C=O) groups excluding carboxylic acids is 1. The second-order valence-corrected chi connectivity index (χ2v) is 6.21. The van der Waals surface area contributed by atoms with Crippen LogP contribution in [0.25, 0.3) is 0 Å². The summed E-state index contributed by atoms with van der Waals surface area (Å²) in [7, 11) is 1.71. The van der Waals surface area contributed by atoms with Gasteiger partial charge in [-0.2, -0.15) is 0 Å². The van der Waals surface area contributed by atoms with Gasteiger partial charge in [0.2, 0.25) is 0 Å².